The van der Waals surface area contributed by atoms with Crippen molar-refractivity contribution < 1.29 is 19.1 Å². The summed E-state index contributed by atoms with van der Waals surface area (Å²) in [5, 5.41) is 14.8. The van der Waals surface area contributed by atoms with Gasteiger partial charge in [0.05, 0.1) is 19.7 Å². The van der Waals surface area contributed by atoms with Crippen molar-refractivity contribution in [2.45, 2.75) is 44.7 Å². The maximum atomic E-state index is 12.7. The minimum Gasteiger partial charge on any atom is -0.494 e. The quantitative estimate of drug-likeness (QED) is 0.207. The molecule has 182 valence electrons. The Labute approximate surface area is 203 Å². The molecule has 1 aromatic heterocycles. The Hall–Kier alpha value is -3.40. The zero-order valence-electron chi connectivity index (χ0n) is 19.0. The van der Waals surface area contributed by atoms with Crippen LogP contribution in [0.2, 0.25) is 0 Å². The summed E-state index contributed by atoms with van der Waals surface area (Å²) in [4.78, 5) is 39.8. The first-order chi connectivity index (χ1) is 16.4. The molecule has 2 aromatic rings. The van der Waals surface area contributed by atoms with Crippen LogP contribution in [-0.4, -0.2) is 54.2 Å². The molecule has 1 aromatic carbocycles. The van der Waals surface area contributed by atoms with Gasteiger partial charge in [-0.15, -0.1) is 11.3 Å². The molecule has 0 saturated carbocycles. The molecule has 3 amide bonds. The SMILES string of the molecule is N=C(N)c1csc(CNC(=O)[C@@H]2CCCN2C(=O)CNC(=O)CCCCOc2ccccc2)c1. The van der Waals surface area contributed by atoms with E-state index < -0.39 is 6.04 Å². The van der Waals surface area contributed by atoms with Gasteiger partial charge in [-0.1, -0.05) is 18.2 Å². The van der Waals surface area contributed by atoms with Gasteiger partial charge < -0.3 is 26.0 Å². The van der Waals surface area contributed by atoms with Gasteiger partial charge in [0.1, 0.15) is 17.6 Å². The van der Waals surface area contributed by atoms with Crippen molar-refractivity contribution in [3.63, 3.8) is 0 Å². The highest BCUT2D eigenvalue weighted by Gasteiger charge is 2.33. The first kappa shape index (κ1) is 25.2. The van der Waals surface area contributed by atoms with Crippen molar-refractivity contribution >= 4 is 34.9 Å². The molecule has 0 unspecified atom stereocenters. The molecule has 1 aliphatic heterocycles. The third kappa shape index (κ3) is 7.58. The number of amidine groups is 1. The van der Waals surface area contributed by atoms with E-state index in [0.29, 0.717) is 44.5 Å². The summed E-state index contributed by atoms with van der Waals surface area (Å²) in [5.74, 6) is 0.135. The van der Waals surface area contributed by atoms with E-state index in [0.717, 1.165) is 23.5 Å². The Morgan fingerprint density at radius 2 is 1.97 bits per heavy atom. The van der Waals surface area contributed by atoms with Gasteiger partial charge in [0.15, 0.2) is 0 Å². The molecule has 9 nitrogen and oxygen atoms in total. The fourth-order valence-electron chi connectivity index (χ4n) is 3.70. The van der Waals surface area contributed by atoms with Crippen LogP contribution in [0.5, 0.6) is 5.75 Å². The highest BCUT2D eigenvalue weighted by molar-refractivity contribution is 7.10. The predicted octanol–water partition coefficient (Wildman–Crippen LogP) is 2.00. The molecule has 2 heterocycles. The summed E-state index contributed by atoms with van der Waals surface area (Å²) in [6, 6.07) is 10.7. The zero-order chi connectivity index (χ0) is 24.3. The minimum atomic E-state index is -0.535. The number of unbranched alkanes of at least 4 members (excludes halogenated alkanes) is 1. The molecule has 1 fully saturated rings. The molecule has 1 atom stereocenters. The summed E-state index contributed by atoms with van der Waals surface area (Å²) in [6.07, 6.45) is 3.06. The summed E-state index contributed by atoms with van der Waals surface area (Å²) in [7, 11) is 0. The molecule has 1 aliphatic rings. The van der Waals surface area contributed by atoms with Crippen LogP contribution in [0.3, 0.4) is 0 Å². The van der Waals surface area contributed by atoms with Crippen LogP contribution in [0.1, 0.15) is 42.5 Å². The lowest BCUT2D eigenvalue weighted by Crippen LogP contribution is -2.48. The Balaban J connectivity index is 1.34. The third-order valence-corrected chi connectivity index (χ3v) is 6.46. The minimum absolute atomic E-state index is 0.0102. The summed E-state index contributed by atoms with van der Waals surface area (Å²) in [5.41, 5.74) is 6.10. The van der Waals surface area contributed by atoms with Gasteiger partial charge in [0, 0.05) is 28.8 Å². The second kappa shape index (κ2) is 12.7. The third-order valence-electron chi connectivity index (χ3n) is 5.52. The second-order valence-corrected chi connectivity index (χ2v) is 9.07. The van der Waals surface area contributed by atoms with Crippen LogP contribution in [0, 0.1) is 5.41 Å². The molecule has 0 bridgehead atoms. The van der Waals surface area contributed by atoms with Crippen LogP contribution >= 0.6 is 11.3 Å². The summed E-state index contributed by atoms with van der Waals surface area (Å²) < 4.78 is 5.60. The number of benzene rings is 1. The number of nitrogen functional groups attached to an aromatic ring is 1. The Morgan fingerprint density at radius 1 is 1.18 bits per heavy atom. The topological polar surface area (TPSA) is 138 Å². The monoisotopic (exact) mass is 485 g/mol. The van der Waals surface area contributed by atoms with Crippen molar-refractivity contribution in [3.8, 4) is 5.75 Å². The average Bonchev–Trinajstić information content (AvgIpc) is 3.52. The number of ether oxygens (including phenoxy) is 1. The van der Waals surface area contributed by atoms with Crippen LogP contribution in [0.4, 0.5) is 0 Å². The fraction of sp³-hybridized carbons (Fsp3) is 0.417. The number of nitrogens with two attached hydrogens (primary N) is 1. The van der Waals surface area contributed by atoms with Crippen molar-refractivity contribution in [1.29, 1.82) is 5.41 Å². The zero-order valence-corrected chi connectivity index (χ0v) is 19.9. The molecule has 5 N–H and O–H groups in total. The molecular formula is C24H31N5O4S. The van der Waals surface area contributed by atoms with Gasteiger partial charge in [-0.25, -0.2) is 0 Å². The van der Waals surface area contributed by atoms with Crippen molar-refractivity contribution in [3.05, 3.63) is 52.2 Å². The number of carbonyl (C=O) groups is 3. The maximum absolute atomic E-state index is 12.7. The number of likely N-dealkylation sites (tertiary alicyclic amines) is 1. The van der Waals surface area contributed by atoms with Gasteiger partial charge >= 0.3 is 0 Å². The maximum Gasteiger partial charge on any atom is 0.243 e. The number of para-hydroxylation sites is 1. The number of thiophene rings is 1. The molecule has 0 spiro atoms. The number of nitrogens with zero attached hydrogens (tertiary/aromatic N) is 1. The molecule has 3 rings (SSSR count). The van der Waals surface area contributed by atoms with E-state index >= 15 is 0 Å². The highest BCUT2D eigenvalue weighted by Crippen LogP contribution is 2.19. The molecule has 0 radical (unpaired) electrons. The predicted molar refractivity (Wildman–Crippen MR) is 131 cm³/mol. The van der Waals surface area contributed by atoms with E-state index in [1.165, 1.54) is 11.3 Å². The first-order valence-corrected chi connectivity index (χ1v) is 12.3. The Kier molecular flexibility index (Phi) is 9.45. The number of carbonyl (C=O) groups excluding carboxylic acids is 3. The number of amides is 3. The Bertz CT molecular complexity index is 994. The number of rotatable bonds is 12. The second-order valence-electron chi connectivity index (χ2n) is 8.07. The lowest BCUT2D eigenvalue weighted by atomic mass is 10.2. The van der Waals surface area contributed by atoms with Gasteiger partial charge in [-0.05, 0) is 43.9 Å². The van der Waals surface area contributed by atoms with Crippen LogP contribution in [0.15, 0.2) is 41.8 Å². The van der Waals surface area contributed by atoms with E-state index in [2.05, 4.69) is 10.6 Å². The average molecular weight is 486 g/mol. The molecule has 34 heavy (non-hydrogen) atoms. The lowest BCUT2D eigenvalue weighted by molar-refractivity contribution is -0.138. The van der Waals surface area contributed by atoms with Gasteiger partial charge in [0.2, 0.25) is 17.7 Å². The fourth-order valence-corrected chi connectivity index (χ4v) is 4.53. The molecule has 1 saturated heterocycles. The van der Waals surface area contributed by atoms with E-state index in [9.17, 15) is 14.4 Å². The standard InChI is InChI=1S/C24H31N5O4S/c25-23(26)17-13-19(34-16-17)14-28-24(32)20-9-6-11-29(20)22(31)15-27-21(30)10-4-5-12-33-18-7-2-1-3-8-18/h1-3,7-8,13,16,20H,4-6,9-12,14-15H2,(H3,25,26)(H,27,30)(H,28,32)/t20-/m0/s1. The molecule has 10 heteroatoms. The van der Waals surface area contributed by atoms with E-state index in [4.69, 9.17) is 15.9 Å². The van der Waals surface area contributed by atoms with E-state index in [1.54, 1.807) is 16.3 Å². The van der Waals surface area contributed by atoms with Crippen LogP contribution in [-0.2, 0) is 20.9 Å². The Morgan fingerprint density at radius 3 is 2.71 bits per heavy atom. The van der Waals surface area contributed by atoms with E-state index in [-0.39, 0.29) is 30.1 Å². The van der Waals surface area contributed by atoms with Crippen molar-refractivity contribution in [1.82, 2.24) is 15.5 Å². The van der Waals surface area contributed by atoms with E-state index in [1.807, 2.05) is 30.3 Å². The number of nitrogens with one attached hydrogen (secondary N) is 3. The summed E-state index contributed by atoms with van der Waals surface area (Å²) >= 11 is 1.42. The van der Waals surface area contributed by atoms with Gasteiger partial charge in [0.25, 0.3) is 0 Å². The van der Waals surface area contributed by atoms with Crippen LogP contribution in [0.25, 0.3) is 0 Å². The van der Waals surface area contributed by atoms with Gasteiger partial charge in [-0.2, -0.15) is 0 Å². The normalized spacial score (nSPS) is 15.1. The van der Waals surface area contributed by atoms with Gasteiger partial charge in [-0.3, -0.25) is 19.8 Å². The highest BCUT2D eigenvalue weighted by atomic mass is 32.1. The lowest BCUT2D eigenvalue weighted by Gasteiger charge is -2.24. The number of hydrogen-bond acceptors (Lipinski definition) is 6. The first-order valence-electron chi connectivity index (χ1n) is 11.4. The molecule has 0 aliphatic carbocycles. The smallest absolute Gasteiger partial charge is 0.243 e. The summed E-state index contributed by atoms with van der Waals surface area (Å²) in [6.45, 7) is 1.23. The molecular weight excluding hydrogens is 454 g/mol. The van der Waals surface area contributed by atoms with Crippen molar-refractivity contribution in [2.24, 2.45) is 5.73 Å². The largest absolute Gasteiger partial charge is 0.494 e. The van der Waals surface area contributed by atoms with Crippen LogP contribution < -0.4 is 21.1 Å². The number of hydrogen-bond donors (Lipinski definition) is 4. The van der Waals surface area contributed by atoms with Crippen molar-refractivity contribution in [2.75, 3.05) is 19.7 Å².